The molecule has 0 spiro atoms. The van der Waals surface area contributed by atoms with Crippen LogP contribution in [0.25, 0.3) is 0 Å². The minimum atomic E-state index is -0.577. The molecule has 0 bridgehead atoms. The van der Waals surface area contributed by atoms with E-state index < -0.39 is 18.5 Å². The van der Waals surface area contributed by atoms with E-state index in [4.69, 9.17) is 9.57 Å². The molecule has 24 heavy (non-hydrogen) atoms. The van der Waals surface area contributed by atoms with Crippen molar-refractivity contribution in [2.24, 2.45) is 5.16 Å². The summed E-state index contributed by atoms with van der Waals surface area (Å²) in [6.45, 7) is 1.70. The van der Waals surface area contributed by atoms with Gasteiger partial charge in [0.15, 0.2) is 5.71 Å². The maximum absolute atomic E-state index is 12.3. The fourth-order valence-corrected chi connectivity index (χ4v) is 1.63. The zero-order valence-electron chi connectivity index (χ0n) is 12.9. The number of H-pyrrole nitrogens is 1. The topological polar surface area (TPSA) is 131 Å². The third-order valence-electron chi connectivity index (χ3n) is 2.69. The number of nitrogens with zero attached hydrogens (tertiary/aromatic N) is 4. The molecule has 0 fully saturated rings. The van der Waals surface area contributed by atoms with E-state index in [0.717, 1.165) is 0 Å². The lowest BCUT2D eigenvalue weighted by atomic mass is 10.2. The highest BCUT2D eigenvalue weighted by atomic mass is 16.7. The summed E-state index contributed by atoms with van der Waals surface area (Å²) in [4.78, 5) is 36.2. The van der Waals surface area contributed by atoms with Crippen molar-refractivity contribution in [2.45, 2.75) is 13.5 Å². The average Bonchev–Trinajstić information content (AvgIpc) is 3.12. The minimum Gasteiger partial charge on any atom is -0.463 e. The number of rotatable bonds is 8. The Labute approximate surface area is 137 Å². The number of carbonyl (C=O) groups excluding carboxylic acids is 2. The van der Waals surface area contributed by atoms with Crippen LogP contribution in [-0.2, 0) is 25.7 Å². The highest BCUT2D eigenvalue weighted by Gasteiger charge is 2.17. The molecule has 0 aliphatic heterocycles. The Morgan fingerprint density at radius 3 is 2.88 bits per heavy atom. The first-order valence-electron chi connectivity index (χ1n) is 7.09. The Balaban J connectivity index is 2.00. The average molecular weight is 332 g/mol. The zero-order valence-corrected chi connectivity index (χ0v) is 12.9. The number of oxime groups is 1. The molecular formula is C14H16N6O4. The van der Waals surface area contributed by atoms with E-state index in [-0.39, 0.29) is 18.9 Å². The standard InChI is InChI=1S/C14H16N6O4/c1-2-23-12(21)8-24-20-13(11-4-6-18-19-11)14(22)16-7-10-3-5-15-9-17-10/h3-6,9H,2,7-8H2,1H3,(H,16,22)(H,18,19)/b20-13+. The maximum Gasteiger partial charge on any atom is 0.347 e. The van der Waals surface area contributed by atoms with Gasteiger partial charge in [-0.25, -0.2) is 14.8 Å². The van der Waals surface area contributed by atoms with Gasteiger partial charge in [0, 0.05) is 12.4 Å². The van der Waals surface area contributed by atoms with Crippen molar-refractivity contribution in [1.82, 2.24) is 25.5 Å². The Hall–Kier alpha value is -3.30. The van der Waals surface area contributed by atoms with Gasteiger partial charge in [0.05, 0.1) is 24.5 Å². The van der Waals surface area contributed by atoms with E-state index >= 15 is 0 Å². The second-order valence-corrected chi connectivity index (χ2v) is 4.37. The van der Waals surface area contributed by atoms with Crippen LogP contribution in [0.5, 0.6) is 0 Å². The van der Waals surface area contributed by atoms with Gasteiger partial charge in [-0.2, -0.15) is 5.10 Å². The summed E-state index contributed by atoms with van der Waals surface area (Å²) >= 11 is 0. The summed E-state index contributed by atoms with van der Waals surface area (Å²) in [6, 6.07) is 3.22. The molecule has 10 heteroatoms. The van der Waals surface area contributed by atoms with E-state index in [1.165, 1.54) is 12.5 Å². The Kier molecular flexibility index (Phi) is 6.38. The lowest BCUT2D eigenvalue weighted by Gasteiger charge is -2.06. The Morgan fingerprint density at radius 1 is 1.33 bits per heavy atom. The van der Waals surface area contributed by atoms with Crippen molar-refractivity contribution in [3.8, 4) is 0 Å². The maximum atomic E-state index is 12.3. The third-order valence-corrected chi connectivity index (χ3v) is 2.69. The zero-order chi connectivity index (χ0) is 17.2. The molecule has 2 aromatic rings. The lowest BCUT2D eigenvalue weighted by Crippen LogP contribution is -2.32. The second-order valence-electron chi connectivity index (χ2n) is 4.37. The summed E-state index contributed by atoms with van der Waals surface area (Å²) in [5, 5.41) is 12.7. The summed E-state index contributed by atoms with van der Waals surface area (Å²) in [6.07, 6.45) is 4.42. The molecule has 0 saturated carbocycles. The van der Waals surface area contributed by atoms with Gasteiger partial charge in [-0.3, -0.25) is 9.89 Å². The highest BCUT2D eigenvalue weighted by Crippen LogP contribution is 1.99. The van der Waals surface area contributed by atoms with Gasteiger partial charge >= 0.3 is 5.97 Å². The first-order valence-corrected chi connectivity index (χ1v) is 7.09. The number of nitrogens with one attached hydrogen (secondary N) is 2. The first-order chi connectivity index (χ1) is 11.7. The molecule has 0 aromatic carbocycles. The SMILES string of the molecule is CCOC(=O)CO/N=C(/C(=O)NCc1ccncn1)c1ccn[nH]1. The van der Waals surface area contributed by atoms with Crippen LogP contribution in [0.1, 0.15) is 18.3 Å². The van der Waals surface area contributed by atoms with Crippen LogP contribution in [0, 0.1) is 0 Å². The van der Waals surface area contributed by atoms with Gasteiger partial charge in [-0.1, -0.05) is 5.16 Å². The molecule has 10 nitrogen and oxygen atoms in total. The molecule has 0 radical (unpaired) electrons. The van der Waals surface area contributed by atoms with Crippen molar-refractivity contribution >= 4 is 17.6 Å². The number of aromatic nitrogens is 4. The number of ether oxygens (including phenoxy) is 1. The fourth-order valence-electron chi connectivity index (χ4n) is 1.63. The Morgan fingerprint density at radius 2 is 2.21 bits per heavy atom. The molecule has 2 aromatic heterocycles. The van der Waals surface area contributed by atoms with Crippen LogP contribution in [0.2, 0.25) is 0 Å². The van der Waals surface area contributed by atoms with Crippen LogP contribution in [0.4, 0.5) is 0 Å². The summed E-state index contributed by atoms with van der Waals surface area (Å²) in [7, 11) is 0. The number of amides is 1. The molecule has 2 N–H and O–H groups in total. The van der Waals surface area contributed by atoms with Crippen LogP contribution in [-0.4, -0.2) is 51.0 Å². The molecule has 2 heterocycles. The largest absolute Gasteiger partial charge is 0.463 e. The van der Waals surface area contributed by atoms with Crippen molar-refractivity contribution in [1.29, 1.82) is 0 Å². The third kappa shape index (κ3) is 5.16. The lowest BCUT2D eigenvalue weighted by molar-refractivity contribution is -0.148. The van der Waals surface area contributed by atoms with E-state index in [1.54, 1.807) is 25.3 Å². The summed E-state index contributed by atoms with van der Waals surface area (Å²) in [5.41, 5.74) is 0.930. The molecule has 0 aliphatic carbocycles. The smallest absolute Gasteiger partial charge is 0.347 e. The molecule has 0 saturated heterocycles. The van der Waals surface area contributed by atoms with E-state index in [1.807, 2.05) is 0 Å². The van der Waals surface area contributed by atoms with Crippen LogP contribution in [0.15, 0.2) is 36.0 Å². The van der Waals surface area contributed by atoms with Crippen LogP contribution < -0.4 is 5.32 Å². The Bertz CT molecular complexity index is 687. The van der Waals surface area contributed by atoms with Gasteiger partial charge in [-0.15, -0.1) is 0 Å². The van der Waals surface area contributed by atoms with Crippen molar-refractivity contribution in [2.75, 3.05) is 13.2 Å². The van der Waals surface area contributed by atoms with Gasteiger partial charge in [-0.05, 0) is 19.1 Å². The van der Waals surface area contributed by atoms with Gasteiger partial charge in [0.2, 0.25) is 6.61 Å². The molecule has 2 rings (SSSR count). The second kappa shape index (κ2) is 8.98. The van der Waals surface area contributed by atoms with Crippen molar-refractivity contribution in [3.63, 3.8) is 0 Å². The molecule has 1 amide bonds. The van der Waals surface area contributed by atoms with Gasteiger partial charge < -0.3 is 14.9 Å². The van der Waals surface area contributed by atoms with Crippen LogP contribution in [0.3, 0.4) is 0 Å². The van der Waals surface area contributed by atoms with E-state index in [0.29, 0.717) is 11.4 Å². The number of hydrogen-bond donors (Lipinski definition) is 2. The predicted molar refractivity (Wildman–Crippen MR) is 81.6 cm³/mol. The molecule has 0 atom stereocenters. The highest BCUT2D eigenvalue weighted by molar-refractivity contribution is 6.44. The number of carbonyl (C=O) groups is 2. The summed E-state index contributed by atoms with van der Waals surface area (Å²) < 4.78 is 4.71. The van der Waals surface area contributed by atoms with Crippen molar-refractivity contribution < 1.29 is 19.2 Å². The van der Waals surface area contributed by atoms with Gasteiger partial charge in [0.1, 0.15) is 6.33 Å². The quantitative estimate of drug-likeness (QED) is 0.389. The van der Waals surface area contributed by atoms with E-state index in [9.17, 15) is 9.59 Å². The number of aromatic amines is 1. The molecule has 0 aliphatic rings. The monoisotopic (exact) mass is 332 g/mol. The van der Waals surface area contributed by atoms with E-state index in [2.05, 4.69) is 30.6 Å². The normalized spacial score (nSPS) is 11.0. The van der Waals surface area contributed by atoms with Crippen molar-refractivity contribution in [3.05, 3.63) is 42.2 Å². The first kappa shape index (κ1) is 17.1. The fraction of sp³-hybridized carbons (Fsp3) is 0.286. The summed E-state index contributed by atoms with van der Waals surface area (Å²) in [5.74, 6) is -1.09. The number of esters is 1. The number of hydrogen-bond acceptors (Lipinski definition) is 8. The van der Waals surface area contributed by atoms with Gasteiger partial charge in [0.25, 0.3) is 5.91 Å². The molecular weight excluding hydrogens is 316 g/mol. The minimum absolute atomic E-state index is 0.0501. The predicted octanol–water partition coefficient (Wildman–Crippen LogP) is -0.200. The van der Waals surface area contributed by atoms with Crippen LogP contribution >= 0.6 is 0 Å². The molecule has 126 valence electrons. The molecule has 0 unspecified atom stereocenters.